The van der Waals surface area contributed by atoms with Crippen molar-refractivity contribution in [2.75, 3.05) is 65.6 Å². The second-order valence-corrected chi connectivity index (χ2v) is 10.1. The van der Waals surface area contributed by atoms with Crippen LogP contribution in [0.25, 0.3) is 0 Å². The second kappa shape index (κ2) is 12.1. The topological polar surface area (TPSA) is 71.6 Å². The molecule has 3 fully saturated rings. The lowest BCUT2D eigenvalue weighted by atomic mass is 9.83. The number of amides is 2. The summed E-state index contributed by atoms with van der Waals surface area (Å²) in [4.78, 5) is 33.2. The number of nitrogens with zero attached hydrogens (tertiary/aromatic N) is 3. The highest BCUT2D eigenvalue weighted by atomic mass is 16.5. The van der Waals surface area contributed by atoms with Gasteiger partial charge in [0.2, 0.25) is 11.8 Å². The summed E-state index contributed by atoms with van der Waals surface area (Å²) < 4.78 is 16.1. The molecule has 0 saturated carbocycles. The molecule has 0 N–H and O–H groups in total. The Labute approximate surface area is 209 Å². The maximum Gasteiger partial charge on any atom is 0.228 e. The van der Waals surface area contributed by atoms with E-state index in [4.69, 9.17) is 14.2 Å². The highest BCUT2D eigenvalue weighted by molar-refractivity contribution is 6.01. The van der Waals surface area contributed by atoms with E-state index in [2.05, 4.69) is 4.90 Å². The minimum Gasteiger partial charge on any atom is -0.497 e. The molecule has 1 aromatic carbocycles. The number of hydrogen-bond acceptors (Lipinski definition) is 6. The molecule has 0 bridgehead atoms. The van der Waals surface area contributed by atoms with E-state index in [1.165, 1.54) is 45.2 Å². The predicted molar refractivity (Wildman–Crippen MR) is 135 cm³/mol. The molecule has 35 heavy (non-hydrogen) atoms. The Kier molecular flexibility index (Phi) is 8.89. The summed E-state index contributed by atoms with van der Waals surface area (Å²) in [6.45, 7) is 4.83. The first-order valence-corrected chi connectivity index (χ1v) is 13.1. The zero-order valence-electron chi connectivity index (χ0n) is 21.5. The molecular weight excluding hydrogens is 446 g/mol. The fourth-order valence-electron chi connectivity index (χ4n) is 6.14. The van der Waals surface area contributed by atoms with Crippen LogP contribution in [-0.2, 0) is 14.3 Å². The minimum absolute atomic E-state index is 0.0419. The molecule has 0 spiro atoms. The van der Waals surface area contributed by atoms with Gasteiger partial charge in [-0.1, -0.05) is 6.42 Å². The van der Waals surface area contributed by atoms with Crippen molar-refractivity contribution in [3.05, 3.63) is 18.2 Å². The van der Waals surface area contributed by atoms with E-state index in [-0.39, 0.29) is 24.2 Å². The maximum absolute atomic E-state index is 13.8. The number of anilines is 1. The first-order chi connectivity index (χ1) is 17.0. The third-order valence-electron chi connectivity index (χ3n) is 7.92. The van der Waals surface area contributed by atoms with Gasteiger partial charge in [-0.25, -0.2) is 0 Å². The lowest BCUT2D eigenvalue weighted by Gasteiger charge is -2.46. The minimum atomic E-state index is -0.345. The summed E-state index contributed by atoms with van der Waals surface area (Å²) in [5, 5.41) is 0. The van der Waals surface area contributed by atoms with Crippen molar-refractivity contribution in [3.63, 3.8) is 0 Å². The zero-order valence-corrected chi connectivity index (χ0v) is 21.5. The lowest BCUT2D eigenvalue weighted by molar-refractivity contribution is -0.137. The van der Waals surface area contributed by atoms with E-state index in [9.17, 15) is 9.59 Å². The third-order valence-corrected chi connectivity index (χ3v) is 7.92. The Bertz CT molecular complexity index is 876. The van der Waals surface area contributed by atoms with Crippen LogP contribution in [0, 0.1) is 11.8 Å². The Morgan fingerprint density at radius 1 is 1.09 bits per heavy atom. The van der Waals surface area contributed by atoms with Crippen LogP contribution in [0.2, 0.25) is 0 Å². The van der Waals surface area contributed by atoms with Crippen LogP contribution in [0.1, 0.15) is 44.9 Å². The van der Waals surface area contributed by atoms with Crippen LogP contribution in [0.5, 0.6) is 11.5 Å². The summed E-state index contributed by atoms with van der Waals surface area (Å²) in [7, 11) is 4.88. The van der Waals surface area contributed by atoms with Gasteiger partial charge in [-0.3, -0.25) is 9.59 Å². The van der Waals surface area contributed by atoms with Gasteiger partial charge in [0.05, 0.1) is 25.8 Å². The molecule has 194 valence electrons. The summed E-state index contributed by atoms with van der Waals surface area (Å²) >= 11 is 0. The monoisotopic (exact) mass is 487 g/mol. The van der Waals surface area contributed by atoms with Gasteiger partial charge in [0.25, 0.3) is 0 Å². The SMILES string of the molecule is COCCCN(C[C@@H]1CCCN2CCCC[C@@H]12)C(=O)[C@H]1CC(=O)N(c2ccc(OC)cc2OC)C1. The molecule has 0 aliphatic carbocycles. The molecule has 3 aliphatic heterocycles. The predicted octanol–water partition coefficient (Wildman–Crippen LogP) is 3.19. The van der Waals surface area contributed by atoms with Gasteiger partial charge in [0, 0.05) is 51.9 Å². The first kappa shape index (κ1) is 25.8. The first-order valence-electron chi connectivity index (χ1n) is 13.1. The Morgan fingerprint density at radius 2 is 1.91 bits per heavy atom. The quantitative estimate of drug-likeness (QED) is 0.472. The van der Waals surface area contributed by atoms with Crippen LogP contribution in [0.15, 0.2) is 18.2 Å². The van der Waals surface area contributed by atoms with E-state index in [1.807, 2.05) is 17.0 Å². The Balaban J connectivity index is 1.47. The van der Waals surface area contributed by atoms with Crippen LogP contribution >= 0.6 is 0 Å². The van der Waals surface area contributed by atoms with Crippen molar-refractivity contribution in [1.29, 1.82) is 0 Å². The normalized spacial score (nSPS) is 24.8. The van der Waals surface area contributed by atoms with E-state index in [1.54, 1.807) is 32.3 Å². The molecule has 8 nitrogen and oxygen atoms in total. The van der Waals surface area contributed by atoms with Gasteiger partial charge in [0.15, 0.2) is 0 Å². The van der Waals surface area contributed by atoms with E-state index >= 15 is 0 Å². The second-order valence-electron chi connectivity index (χ2n) is 10.1. The summed E-state index contributed by atoms with van der Waals surface area (Å²) in [6.07, 6.45) is 7.22. The Morgan fingerprint density at radius 3 is 2.69 bits per heavy atom. The summed E-state index contributed by atoms with van der Waals surface area (Å²) in [5.74, 6) is 1.45. The largest absolute Gasteiger partial charge is 0.497 e. The standard InChI is InChI=1S/C27H41N3O5/c1-33-15-7-14-29(18-20-8-6-13-28-12-5-4-9-23(20)28)27(32)21-16-26(31)30(19-21)24-11-10-22(34-2)17-25(24)35-3/h10-11,17,20-21,23H,4-9,12-16,18-19H2,1-3H3/t20-,21-,23-/m0/s1. The molecule has 2 amide bonds. The average Bonchev–Trinajstić information content (AvgIpc) is 3.28. The van der Waals surface area contributed by atoms with E-state index in [0.717, 1.165) is 13.0 Å². The van der Waals surface area contributed by atoms with E-state index in [0.29, 0.717) is 48.8 Å². The number of carbonyl (C=O) groups excluding carboxylic acids is 2. The fraction of sp³-hybridized carbons (Fsp3) is 0.704. The number of rotatable bonds is 10. The zero-order chi connectivity index (χ0) is 24.8. The van der Waals surface area contributed by atoms with Gasteiger partial charge in [0.1, 0.15) is 11.5 Å². The summed E-state index contributed by atoms with van der Waals surface area (Å²) in [5.41, 5.74) is 0.685. The molecule has 8 heteroatoms. The average molecular weight is 488 g/mol. The highest BCUT2D eigenvalue weighted by Gasteiger charge is 2.40. The maximum atomic E-state index is 13.8. The number of piperidine rings is 2. The molecule has 4 rings (SSSR count). The van der Waals surface area contributed by atoms with E-state index < -0.39 is 0 Å². The van der Waals surface area contributed by atoms with Crippen molar-refractivity contribution < 1.29 is 23.8 Å². The third kappa shape index (κ3) is 5.92. The van der Waals surface area contributed by atoms with Gasteiger partial charge < -0.3 is 28.9 Å². The smallest absolute Gasteiger partial charge is 0.228 e. The van der Waals surface area contributed by atoms with Gasteiger partial charge in [-0.15, -0.1) is 0 Å². The van der Waals surface area contributed by atoms with Gasteiger partial charge in [-0.2, -0.15) is 0 Å². The van der Waals surface area contributed by atoms with Crippen LogP contribution in [-0.4, -0.2) is 88.3 Å². The number of carbonyl (C=O) groups is 2. The number of methoxy groups -OCH3 is 3. The Hall–Kier alpha value is -2.32. The van der Waals surface area contributed by atoms with Gasteiger partial charge >= 0.3 is 0 Å². The van der Waals surface area contributed by atoms with Crippen LogP contribution in [0.3, 0.4) is 0 Å². The molecule has 1 aromatic rings. The van der Waals surface area contributed by atoms with Crippen molar-refractivity contribution in [3.8, 4) is 11.5 Å². The molecule has 3 saturated heterocycles. The molecular formula is C27H41N3O5. The number of fused-ring (bicyclic) bond motifs is 1. The van der Waals surface area contributed by atoms with Crippen molar-refractivity contribution >= 4 is 17.5 Å². The van der Waals surface area contributed by atoms with Crippen molar-refractivity contribution in [1.82, 2.24) is 9.80 Å². The number of benzene rings is 1. The highest BCUT2D eigenvalue weighted by Crippen LogP contribution is 2.37. The molecule has 0 radical (unpaired) electrons. The van der Waals surface area contributed by atoms with Crippen LogP contribution in [0.4, 0.5) is 5.69 Å². The lowest BCUT2D eigenvalue weighted by Crippen LogP contribution is -2.52. The van der Waals surface area contributed by atoms with Gasteiger partial charge in [-0.05, 0) is 63.2 Å². The molecule has 0 unspecified atom stereocenters. The molecule has 3 heterocycles. The van der Waals surface area contributed by atoms with Crippen molar-refractivity contribution in [2.24, 2.45) is 11.8 Å². The fourth-order valence-corrected chi connectivity index (χ4v) is 6.14. The number of ether oxygens (including phenoxy) is 3. The number of hydrogen-bond donors (Lipinski definition) is 0. The molecule has 3 atom stereocenters. The van der Waals surface area contributed by atoms with Crippen molar-refractivity contribution in [2.45, 2.75) is 51.0 Å². The summed E-state index contributed by atoms with van der Waals surface area (Å²) in [6, 6.07) is 6.00. The molecule has 0 aromatic heterocycles. The van der Waals surface area contributed by atoms with Crippen LogP contribution < -0.4 is 14.4 Å². The molecule has 3 aliphatic rings.